The summed E-state index contributed by atoms with van der Waals surface area (Å²) in [6.07, 6.45) is 6.52. The zero-order valence-electron chi connectivity index (χ0n) is 6.39. The topological polar surface area (TPSA) is 24.7 Å². The van der Waals surface area contributed by atoms with E-state index in [0.717, 1.165) is 5.92 Å². The molecule has 2 fully saturated rings. The third-order valence-electron chi connectivity index (χ3n) is 3.69. The molecule has 11 heavy (non-hydrogen) atoms. The van der Waals surface area contributed by atoms with Gasteiger partial charge in [0.05, 0.1) is 0 Å². The van der Waals surface area contributed by atoms with Gasteiger partial charge in [0.2, 0.25) is 0 Å². The van der Waals surface area contributed by atoms with E-state index in [0.29, 0.717) is 5.41 Å². The van der Waals surface area contributed by atoms with Crippen LogP contribution >= 0.6 is 11.6 Å². The highest BCUT2D eigenvalue weighted by Gasteiger charge is 2.63. The maximum Gasteiger partial charge on any atom is 0.269 e. The third kappa shape index (κ3) is 0.645. The molecule has 1 heterocycles. The quantitative estimate of drug-likeness (QED) is 0.427. The number of hydrogen-bond donors (Lipinski definition) is 0. The lowest BCUT2D eigenvalue weighted by molar-refractivity contribution is 0.255. The first-order valence-corrected chi connectivity index (χ1v) is 4.75. The second-order valence-electron chi connectivity index (χ2n) is 4.21. The summed E-state index contributed by atoms with van der Waals surface area (Å²) in [4.78, 5) is 0. The Hall–Kier alpha value is -0.110. The van der Waals surface area contributed by atoms with Crippen LogP contribution in [0.4, 0.5) is 0 Å². The summed E-state index contributed by atoms with van der Waals surface area (Å²) in [6, 6.07) is 0. The van der Waals surface area contributed by atoms with Crippen molar-refractivity contribution in [3.63, 3.8) is 0 Å². The summed E-state index contributed by atoms with van der Waals surface area (Å²) < 4.78 is 0. The summed E-state index contributed by atoms with van der Waals surface area (Å²) in [7, 11) is 0. The maximum absolute atomic E-state index is 6.20. The van der Waals surface area contributed by atoms with Crippen molar-refractivity contribution < 1.29 is 0 Å². The Bertz CT molecular complexity index is 222. The van der Waals surface area contributed by atoms with Gasteiger partial charge in [0.25, 0.3) is 5.12 Å². The Balaban J connectivity index is 1.94. The summed E-state index contributed by atoms with van der Waals surface area (Å²) in [5, 5.41) is 7.49. The fourth-order valence-electron chi connectivity index (χ4n) is 2.89. The zero-order chi connectivity index (χ0) is 7.53. The van der Waals surface area contributed by atoms with Crippen LogP contribution in [0.1, 0.15) is 32.1 Å². The zero-order valence-corrected chi connectivity index (χ0v) is 7.14. The predicted octanol–water partition coefficient (Wildman–Crippen LogP) is 2.93. The minimum absolute atomic E-state index is 0.291. The number of nitrogens with zero attached hydrogens (tertiary/aromatic N) is 2. The van der Waals surface area contributed by atoms with Crippen molar-refractivity contribution in [1.82, 2.24) is 0 Å². The number of alkyl halides is 1. The second kappa shape index (κ2) is 1.63. The molecule has 3 heteroatoms. The molecule has 2 saturated carbocycles. The standard InChI is InChI=1S/C8H11ClN2/c9-8(10-11-8)7-3-1-6(5-7)2-4-7/h6H,1-5H2. The van der Waals surface area contributed by atoms with E-state index >= 15 is 0 Å². The average Bonchev–Trinajstić information content (AvgIpc) is 2.51. The van der Waals surface area contributed by atoms with Crippen molar-refractivity contribution in [2.75, 3.05) is 0 Å². The number of hydrogen-bond acceptors (Lipinski definition) is 2. The molecule has 3 rings (SSSR count). The first kappa shape index (κ1) is 6.41. The van der Waals surface area contributed by atoms with E-state index in [9.17, 15) is 0 Å². The van der Waals surface area contributed by atoms with Gasteiger partial charge < -0.3 is 0 Å². The molecule has 2 bridgehead atoms. The molecular formula is C8H11ClN2. The van der Waals surface area contributed by atoms with Crippen LogP contribution in [-0.4, -0.2) is 5.12 Å². The Kier molecular flexibility index (Phi) is 0.951. The van der Waals surface area contributed by atoms with Gasteiger partial charge in [-0.3, -0.25) is 0 Å². The average molecular weight is 171 g/mol. The SMILES string of the molecule is ClC1(C23CCC(CC2)C3)N=N1. The van der Waals surface area contributed by atoms with E-state index in [2.05, 4.69) is 10.2 Å². The molecular weight excluding hydrogens is 160 g/mol. The van der Waals surface area contributed by atoms with Crippen molar-refractivity contribution >= 4 is 11.6 Å². The first-order chi connectivity index (χ1) is 5.24. The van der Waals surface area contributed by atoms with Crippen LogP contribution in [-0.2, 0) is 0 Å². The summed E-state index contributed by atoms with van der Waals surface area (Å²) >= 11 is 6.20. The Morgan fingerprint density at radius 3 is 2.18 bits per heavy atom. The van der Waals surface area contributed by atoms with Gasteiger partial charge in [0.1, 0.15) is 0 Å². The Labute approximate surface area is 71.0 Å². The summed E-state index contributed by atoms with van der Waals surface area (Å²) in [5.41, 5.74) is 0.291. The fraction of sp³-hybridized carbons (Fsp3) is 1.00. The van der Waals surface area contributed by atoms with Crippen molar-refractivity contribution in [1.29, 1.82) is 0 Å². The minimum atomic E-state index is -0.460. The monoisotopic (exact) mass is 170 g/mol. The fourth-order valence-corrected chi connectivity index (χ4v) is 3.20. The van der Waals surface area contributed by atoms with Crippen LogP contribution in [0.15, 0.2) is 10.2 Å². The highest BCUT2D eigenvalue weighted by atomic mass is 35.5. The molecule has 2 aliphatic carbocycles. The number of rotatable bonds is 1. The number of fused-ring (bicyclic) bond motifs is 2. The van der Waals surface area contributed by atoms with E-state index in [1.807, 2.05) is 0 Å². The molecule has 1 aliphatic heterocycles. The summed E-state index contributed by atoms with van der Waals surface area (Å²) in [6.45, 7) is 0. The van der Waals surface area contributed by atoms with Crippen LogP contribution in [0.5, 0.6) is 0 Å². The molecule has 0 N–H and O–H groups in total. The Morgan fingerprint density at radius 2 is 1.82 bits per heavy atom. The summed E-state index contributed by atoms with van der Waals surface area (Å²) in [5.74, 6) is 0.941. The highest BCUT2D eigenvalue weighted by molar-refractivity contribution is 6.25. The Morgan fingerprint density at radius 1 is 1.18 bits per heavy atom. The van der Waals surface area contributed by atoms with E-state index < -0.39 is 5.12 Å². The van der Waals surface area contributed by atoms with Gasteiger partial charge in [0, 0.05) is 5.41 Å². The van der Waals surface area contributed by atoms with Crippen molar-refractivity contribution in [3.05, 3.63) is 0 Å². The molecule has 0 aromatic carbocycles. The molecule has 2 nitrogen and oxygen atoms in total. The van der Waals surface area contributed by atoms with E-state index in [1.54, 1.807) is 0 Å². The molecule has 0 atom stereocenters. The van der Waals surface area contributed by atoms with Gasteiger partial charge in [-0.2, -0.15) is 0 Å². The van der Waals surface area contributed by atoms with Gasteiger partial charge in [-0.15, -0.1) is 10.2 Å². The highest BCUT2D eigenvalue weighted by Crippen LogP contribution is 2.65. The van der Waals surface area contributed by atoms with Crippen LogP contribution in [0.2, 0.25) is 0 Å². The van der Waals surface area contributed by atoms with E-state index in [-0.39, 0.29) is 0 Å². The number of halogens is 1. The van der Waals surface area contributed by atoms with Gasteiger partial charge in [0.15, 0.2) is 0 Å². The van der Waals surface area contributed by atoms with E-state index in [4.69, 9.17) is 11.6 Å². The third-order valence-corrected chi connectivity index (χ3v) is 4.24. The lowest BCUT2D eigenvalue weighted by Crippen LogP contribution is -2.29. The molecule has 0 spiro atoms. The second-order valence-corrected chi connectivity index (χ2v) is 4.74. The van der Waals surface area contributed by atoms with Crippen molar-refractivity contribution in [2.24, 2.45) is 21.6 Å². The lowest BCUT2D eigenvalue weighted by atomic mass is 9.82. The van der Waals surface area contributed by atoms with Crippen LogP contribution in [0.25, 0.3) is 0 Å². The predicted molar refractivity (Wildman–Crippen MR) is 42.4 cm³/mol. The molecule has 0 aromatic rings. The molecule has 0 unspecified atom stereocenters. The minimum Gasteiger partial charge on any atom is -0.140 e. The van der Waals surface area contributed by atoms with Crippen LogP contribution < -0.4 is 0 Å². The normalized spacial score (nSPS) is 50.1. The van der Waals surface area contributed by atoms with Gasteiger partial charge in [-0.25, -0.2) is 0 Å². The van der Waals surface area contributed by atoms with Crippen LogP contribution in [0.3, 0.4) is 0 Å². The molecule has 0 aromatic heterocycles. The molecule has 3 aliphatic rings. The van der Waals surface area contributed by atoms with E-state index in [1.165, 1.54) is 32.1 Å². The molecule has 0 radical (unpaired) electrons. The maximum atomic E-state index is 6.20. The first-order valence-electron chi connectivity index (χ1n) is 4.37. The molecule has 60 valence electrons. The molecule has 0 amide bonds. The van der Waals surface area contributed by atoms with Gasteiger partial charge in [-0.05, 0) is 38.0 Å². The van der Waals surface area contributed by atoms with Gasteiger partial charge in [-0.1, -0.05) is 11.6 Å². The smallest absolute Gasteiger partial charge is 0.140 e. The molecule has 0 saturated heterocycles. The van der Waals surface area contributed by atoms with Crippen molar-refractivity contribution in [2.45, 2.75) is 37.2 Å². The van der Waals surface area contributed by atoms with Crippen LogP contribution in [0, 0.1) is 11.3 Å². The largest absolute Gasteiger partial charge is 0.269 e. The van der Waals surface area contributed by atoms with Crippen molar-refractivity contribution in [3.8, 4) is 0 Å². The lowest BCUT2D eigenvalue weighted by Gasteiger charge is -2.27. The van der Waals surface area contributed by atoms with Gasteiger partial charge >= 0.3 is 0 Å².